The second kappa shape index (κ2) is 10.5. The van der Waals surface area contributed by atoms with E-state index in [4.69, 9.17) is 21.1 Å². The van der Waals surface area contributed by atoms with Gasteiger partial charge >= 0.3 is 0 Å². The van der Waals surface area contributed by atoms with Crippen LogP contribution in [0.3, 0.4) is 0 Å². The van der Waals surface area contributed by atoms with Gasteiger partial charge in [-0.25, -0.2) is 0 Å². The quantitative estimate of drug-likeness (QED) is 0.238. The van der Waals surface area contributed by atoms with Crippen molar-refractivity contribution in [1.29, 1.82) is 0 Å². The average molecular weight is 506 g/mol. The molecular weight excluding hydrogens is 478 g/mol. The summed E-state index contributed by atoms with van der Waals surface area (Å²) in [6, 6.07) is 19.0. The first-order valence-corrected chi connectivity index (χ1v) is 12.0. The number of hydrogen-bond acceptors (Lipinski definition) is 5. The molecule has 3 aromatic carbocycles. The fourth-order valence-electron chi connectivity index (χ4n) is 4.35. The number of hydrogen-bond donors (Lipinski definition) is 1. The van der Waals surface area contributed by atoms with Crippen molar-refractivity contribution in [2.75, 3.05) is 14.2 Å². The highest BCUT2D eigenvalue weighted by Gasteiger charge is 2.46. The van der Waals surface area contributed by atoms with Crippen molar-refractivity contribution in [3.63, 3.8) is 0 Å². The number of benzene rings is 3. The Morgan fingerprint density at radius 1 is 0.972 bits per heavy atom. The molecule has 1 aliphatic heterocycles. The van der Waals surface area contributed by atoms with E-state index < -0.39 is 17.7 Å². The van der Waals surface area contributed by atoms with Gasteiger partial charge in [-0.3, -0.25) is 9.59 Å². The molecule has 1 unspecified atom stereocenters. The van der Waals surface area contributed by atoms with Gasteiger partial charge in [0.05, 0.1) is 30.9 Å². The van der Waals surface area contributed by atoms with E-state index in [0.717, 1.165) is 16.7 Å². The van der Waals surface area contributed by atoms with E-state index in [9.17, 15) is 14.7 Å². The lowest BCUT2D eigenvalue weighted by Gasteiger charge is -2.26. The molecule has 1 saturated heterocycles. The Labute approximate surface area is 215 Å². The van der Waals surface area contributed by atoms with Gasteiger partial charge in [0.15, 0.2) is 0 Å². The monoisotopic (exact) mass is 505 g/mol. The van der Waals surface area contributed by atoms with Gasteiger partial charge in [-0.2, -0.15) is 0 Å². The van der Waals surface area contributed by atoms with Crippen LogP contribution < -0.4 is 9.47 Å². The molecule has 6 nitrogen and oxygen atoms in total. The molecule has 0 aliphatic carbocycles. The van der Waals surface area contributed by atoms with Crippen molar-refractivity contribution in [3.8, 4) is 11.5 Å². The van der Waals surface area contributed by atoms with E-state index in [1.165, 1.54) is 18.1 Å². The average Bonchev–Trinajstić information content (AvgIpc) is 3.13. The molecule has 0 saturated carbocycles. The van der Waals surface area contributed by atoms with Gasteiger partial charge in [-0.15, -0.1) is 0 Å². The van der Waals surface area contributed by atoms with Crippen molar-refractivity contribution in [2.24, 2.45) is 0 Å². The number of aliphatic hydroxyl groups excluding tert-OH is 1. The van der Waals surface area contributed by atoms with Gasteiger partial charge in [0, 0.05) is 12.1 Å². The zero-order valence-electron chi connectivity index (χ0n) is 20.6. The first-order valence-electron chi connectivity index (χ1n) is 11.6. The van der Waals surface area contributed by atoms with Gasteiger partial charge in [0.1, 0.15) is 17.3 Å². The van der Waals surface area contributed by atoms with Crippen molar-refractivity contribution < 1.29 is 24.2 Å². The summed E-state index contributed by atoms with van der Waals surface area (Å²) in [5.74, 6) is -0.248. The van der Waals surface area contributed by atoms with Gasteiger partial charge in [0.2, 0.25) is 0 Å². The smallest absolute Gasteiger partial charge is 0.295 e. The Balaban J connectivity index is 1.83. The number of Topliss-reactive ketones (excluding diaryl/α,β-unsaturated/α-hetero) is 1. The van der Waals surface area contributed by atoms with Gasteiger partial charge in [-0.1, -0.05) is 61.8 Å². The first kappa shape index (κ1) is 25.3. The second-order valence-corrected chi connectivity index (χ2v) is 9.35. The maximum atomic E-state index is 13.3. The van der Waals surface area contributed by atoms with Crippen LogP contribution in [0.25, 0.3) is 5.76 Å². The first-order chi connectivity index (χ1) is 17.2. The van der Waals surface area contributed by atoms with Crippen LogP contribution in [0.1, 0.15) is 48.1 Å². The lowest BCUT2D eigenvalue weighted by Crippen LogP contribution is -2.29. The maximum Gasteiger partial charge on any atom is 0.295 e. The topological polar surface area (TPSA) is 76.1 Å². The number of nitrogens with zero attached hydrogens (tertiary/aromatic N) is 1. The van der Waals surface area contributed by atoms with Gasteiger partial charge < -0.3 is 19.5 Å². The predicted octanol–water partition coefficient (Wildman–Crippen LogP) is 6.10. The molecule has 1 amide bonds. The summed E-state index contributed by atoms with van der Waals surface area (Å²) < 4.78 is 10.4. The van der Waals surface area contributed by atoms with Crippen molar-refractivity contribution in [1.82, 2.24) is 4.90 Å². The number of methoxy groups -OCH3 is 2. The van der Waals surface area contributed by atoms with E-state index >= 15 is 0 Å². The van der Waals surface area contributed by atoms with Crippen LogP contribution in [-0.4, -0.2) is 35.9 Å². The van der Waals surface area contributed by atoms with Crippen LogP contribution in [0.5, 0.6) is 11.5 Å². The zero-order valence-corrected chi connectivity index (χ0v) is 21.4. The number of carbonyl (C=O) groups is 2. The summed E-state index contributed by atoms with van der Waals surface area (Å²) in [4.78, 5) is 28.1. The number of aliphatic hydroxyl groups is 1. The Hall–Kier alpha value is -3.77. The number of carbonyl (C=O) groups excluding carboxylic acids is 2. The molecule has 36 heavy (non-hydrogen) atoms. The molecule has 1 heterocycles. The minimum Gasteiger partial charge on any atom is -0.507 e. The SMILES string of the molecule is COc1ccc(CN2C(=O)C(=O)/C(=C(\O)c3ccc(OC)c(Cl)c3)C2c2ccc(C(C)C)cc2)cc1. The number of amides is 1. The Kier molecular flexibility index (Phi) is 7.36. The highest BCUT2D eigenvalue weighted by Crippen LogP contribution is 2.41. The Morgan fingerprint density at radius 2 is 1.64 bits per heavy atom. The third kappa shape index (κ3) is 4.82. The molecule has 0 aromatic heterocycles. The summed E-state index contributed by atoms with van der Waals surface area (Å²) in [5, 5.41) is 11.6. The number of ketones is 1. The summed E-state index contributed by atoms with van der Waals surface area (Å²) in [7, 11) is 3.08. The molecule has 7 heteroatoms. The van der Waals surface area contributed by atoms with Crippen LogP contribution in [0, 0.1) is 0 Å². The minimum atomic E-state index is -0.769. The molecule has 0 radical (unpaired) electrons. The standard InChI is InChI=1S/C29H28ClNO5/c1-17(2)19-7-9-20(10-8-19)26-25(27(32)21-11-14-24(36-4)23(30)15-21)28(33)29(34)31(26)16-18-5-12-22(35-3)13-6-18/h5-15,17,26,32H,16H2,1-4H3/b27-25-. The number of rotatable bonds is 7. The van der Waals surface area contributed by atoms with Crippen molar-refractivity contribution >= 4 is 29.1 Å². The molecule has 1 atom stereocenters. The number of likely N-dealkylation sites (tertiary alicyclic amines) is 1. The van der Waals surface area contributed by atoms with Crippen molar-refractivity contribution in [2.45, 2.75) is 32.4 Å². The van der Waals surface area contributed by atoms with Gasteiger partial charge in [-0.05, 0) is 52.9 Å². The van der Waals surface area contributed by atoms with E-state index in [1.54, 1.807) is 31.4 Å². The van der Waals surface area contributed by atoms with E-state index in [0.29, 0.717) is 23.0 Å². The Bertz CT molecular complexity index is 1310. The van der Waals surface area contributed by atoms with Crippen LogP contribution >= 0.6 is 11.6 Å². The highest BCUT2D eigenvalue weighted by molar-refractivity contribution is 6.46. The minimum absolute atomic E-state index is 0.0204. The molecule has 186 valence electrons. The van der Waals surface area contributed by atoms with Crippen LogP contribution in [0.15, 0.2) is 72.3 Å². The third-order valence-electron chi connectivity index (χ3n) is 6.40. The second-order valence-electron chi connectivity index (χ2n) is 8.95. The molecular formula is C29H28ClNO5. The van der Waals surface area contributed by atoms with E-state index in [-0.39, 0.29) is 22.9 Å². The largest absolute Gasteiger partial charge is 0.507 e. The lowest BCUT2D eigenvalue weighted by atomic mass is 9.93. The number of ether oxygens (including phenoxy) is 2. The predicted molar refractivity (Wildman–Crippen MR) is 139 cm³/mol. The Morgan fingerprint density at radius 3 is 2.19 bits per heavy atom. The van der Waals surface area contributed by atoms with E-state index in [2.05, 4.69) is 13.8 Å². The van der Waals surface area contributed by atoms with Crippen molar-refractivity contribution in [3.05, 3.63) is 99.6 Å². The summed E-state index contributed by atoms with van der Waals surface area (Å²) in [6.07, 6.45) is 0. The van der Waals surface area contributed by atoms with Crippen LogP contribution in [-0.2, 0) is 16.1 Å². The highest BCUT2D eigenvalue weighted by atomic mass is 35.5. The van der Waals surface area contributed by atoms with Crippen LogP contribution in [0.2, 0.25) is 5.02 Å². The van der Waals surface area contributed by atoms with Gasteiger partial charge in [0.25, 0.3) is 11.7 Å². The third-order valence-corrected chi connectivity index (χ3v) is 6.69. The van der Waals surface area contributed by atoms with E-state index in [1.807, 2.05) is 36.4 Å². The maximum absolute atomic E-state index is 13.3. The summed E-state index contributed by atoms with van der Waals surface area (Å²) in [5.41, 5.74) is 3.04. The molecule has 4 rings (SSSR count). The fourth-order valence-corrected chi connectivity index (χ4v) is 4.61. The summed E-state index contributed by atoms with van der Waals surface area (Å²) in [6.45, 7) is 4.38. The lowest BCUT2D eigenvalue weighted by molar-refractivity contribution is -0.140. The number of halogens is 1. The summed E-state index contributed by atoms with van der Waals surface area (Å²) >= 11 is 6.28. The molecule has 0 spiro atoms. The normalized spacial score (nSPS) is 17.1. The zero-order chi connectivity index (χ0) is 26.0. The molecule has 1 fully saturated rings. The molecule has 3 aromatic rings. The fraction of sp³-hybridized carbons (Fsp3) is 0.241. The van der Waals surface area contributed by atoms with Crippen LogP contribution in [0.4, 0.5) is 0 Å². The molecule has 1 N–H and O–H groups in total. The molecule has 0 bridgehead atoms. The molecule has 1 aliphatic rings.